The Bertz CT molecular complexity index is 596. The number of nitrogens with one attached hydrogen (secondary N) is 1. The second-order valence-electron chi connectivity index (χ2n) is 3.95. The molecule has 2 aromatic carbocycles. The number of hydrogen-bond donors (Lipinski definition) is 2. The van der Waals surface area contributed by atoms with Crippen molar-refractivity contribution in [3.8, 4) is 11.5 Å². The molecule has 0 fully saturated rings. The van der Waals surface area contributed by atoms with Crippen LogP contribution >= 0.6 is 15.9 Å². The van der Waals surface area contributed by atoms with E-state index < -0.39 is 0 Å². The summed E-state index contributed by atoms with van der Waals surface area (Å²) >= 11 is 3.46. The molecule has 0 spiro atoms. The molecule has 18 heavy (non-hydrogen) atoms. The molecule has 4 heteroatoms. The first-order valence-corrected chi connectivity index (χ1v) is 6.24. The Hall–Kier alpha value is -1.81. The number of halogens is 1. The highest BCUT2D eigenvalue weighted by molar-refractivity contribution is 9.10. The molecule has 0 atom stereocenters. The Labute approximate surface area is 114 Å². The summed E-state index contributed by atoms with van der Waals surface area (Å²) in [7, 11) is 0. The summed E-state index contributed by atoms with van der Waals surface area (Å²) in [6.45, 7) is 2.01. The van der Waals surface area contributed by atoms with E-state index in [0.29, 0.717) is 17.1 Å². The van der Waals surface area contributed by atoms with Gasteiger partial charge in [-0.05, 0) is 52.7 Å². The largest absolute Gasteiger partial charge is 0.455 e. The van der Waals surface area contributed by atoms with Crippen molar-refractivity contribution in [2.45, 2.75) is 6.92 Å². The second kappa shape index (κ2) is 5.23. The topological polar surface area (TPSA) is 59.1 Å². The predicted octanol–water partition coefficient (Wildman–Crippen LogP) is 3.83. The van der Waals surface area contributed by atoms with Crippen LogP contribution in [0.1, 0.15) is 11.1 Å². The summed E-state index contributed by atoms with van der Waals surface area (Å²) in [6.07, 6.45) is 0. The SMILES string of the molecule is Cc1ccc(Oc2ccccc2C(=N)N)c(Br)c1. The van der Waals surface area contributed by atoms with Gasteiger partial charge in [0.1, 0.15) is 17.3 Å². The smallest absolute Gasteiger partial charge is 0.141 e. The minimum Gasteiger partial charge on any atom is -0.455 e. The van der Waals surface area contributed by atoms with Crippen molar-refractivity contribution in [2.24, 2.45) is 5.73 Å². The van der Waals surface area contributed by atoms with Crippen molar-refractivity contribution in [1.29, 1.82) is 5.41 Å². The van der Waals surface area contributed by atoms with Crippen LogP contribution in [0.5, 0.6) is 11.5 Å². The molecule has 0 aliphatic carbocycles. The Balaban J connectivity index is 2.37. The van der Waals surface area contributed by atoms with Crippen LogP contribution in [0, 0.1) is 12.3 Å². The molecular formula is C14H13BrN2O. The van der Waals surface area contributed by atoms with E-state index in [1.54, 1.807) is 12.1 Å². The number of benzene rings is 2. The van der Waals surface area contributed by atoms with Gasteiger partial charge in [0.2, 0.25) is 0 Å². The van der Waals surface area contributed by atoms with Gasteiger partial charge in [0.05, 0.1) is 10.0 Å². The quantitative estimate of drug-likeness (QED) is 0.668. The molecule has 2 rings (SSSR count). The third-order valence-electron chi connectivity index (χ3n) is 2.48. The van der Waals surface area contributed by atoms with Gasteiger partial charge < -0.3 is 10.5 Å². The van der Waals surface area contributed by atoms with Crippen LogP contribution < -0.4 is 10.5 Å². The summed E-state index contributed by atoms with van der Waals surface area (Å²) in [4.78, 5) is 0. The van der Waals surface area contributed by atoms with Gasteiger partial charge in [0, 0.05) is 0 Å². The van der Waals surface area contributed by atoms with E-state index >= 15 is 0 Å². The monoisotopic (exact) mass is 304 g/mol. The Morgan fingerprint density at radius 2 is 1.89 bits per heavy atom. The molecule has 2 aromatic rings. The summed E-state index contributed by atoms with van der Waals surface area (Å²) in [5, 5.41) is 7.52. The van der Waals surface area contributed by atoms with Crippen LogP contribution in [-0.2, 0) is 0 Å². The van der Waals surface area contributed by atoms with Crippen LogP contribution in [0.25, 0.3) is 0 Å². The number of aryl methyl sites for hydroxylation is 1. The lowest BCUT2D eigenvalue weighted by Gasteiger charge is -2.11. The molecule has 0 aromatic heterocycles. The average Bonchev–Trinajstić information content (AvgIpc) is 2.33. The molecule has 0 radical (unpaired) electrons. The molecule has 0 saturated carbocycles. The Morgan fingerprint density at radius 3 is 2.56 bits per heavy atom. The molecule has 0 bridgehead atoms. The van der Waals surface area contributed by atoms with E-state index in [0.717, 1.165) is 10.0 Å². The van der Waals surface area contributed by atoms with Gasteiger partial charge in [-0.2, -0.15) is 0 Å². The van der Waals surface area contributed by atoms with Crippen molar-refractivity contribution in [1.82, 2.24) is 0 Å². The van der Waals surface area contributed by atoms with E-state index in [4.69, 9.17) is 15.9 Å². The number of ether oxygens (including phenoxy) is 1. The van der Waals surface area contributed by atoms with E-state index in [9.17, 15) is 0 Å². The predicted molar refractivity (Wildman–Crippen MR) is 76.4 cm³/mol. The zero-order valence-electron chi connectivity index (χ0n) is 9.91. The number of hydrogen-bond acceptors (Lipinski definition) is 2. The third-order valence-corrected chi connectivity index (χ3v) is 3.10. The normalized spacial score (nSPS) is 10.1. The van der Waals surface area contributed by atoms with Crippen LogP contribution in [0.4, 0.5) is 0 Å². The summed E-state index contributed by atoms with van der Waals surface area (Å²) in [5.74, 6) is 1.28. The summed E-state index contributed by atoms with van der Waals surface area (Å²) in [6, 6.07) is 13.1. The zero-order valence-corrected chi connectivity index (χ0v) is 11.5. The van der Waals surface area contributed by atoms with Crippen LogP contribution in [0.3, 0.4) is 0 Å². The fraction of sp³-hybridized carbons (Fsp3) is 0.0714. The molecule has 92 valence electrons. The maximum atomic E-state index is 7.52. The van der Waals surface area contributed by atoms with Gasteiger partial charge in [0.25, 0.3) is 0 Å². The summed E-state index contributed by atoms with van der Waals surface area (Å²) in [5.41, 5.74) is 7.26. The van der Waals surface area contributed by atoms with Gasteiger partial charge >= 0.3 is 0 Å². The van der Waals surface area contributed by atoms with Gasteiger partial charge in [-0.25, -0.2) is 0 Å². The van der Waals surface area contributed by atoms with Gasteiger partial charge in [-0.1, -0.05) is 18.2 Å². The van der Waals surface area contributed by atoms with Gasteiger partial charge in [0.15, 0.2) is 0 Å². The molecule has 3 N–H and O–H groups in total. The van der Waals surface area contributed by atoms with Crippen molar-refractivity contribution in [3.05, 3.63) is 58.1 Å². The highest BCUT2D eigenvalue weighted by Crippen LogP contribution is 2.31. The molecule has 0 heterocycles. The van der Waals surface area contributed by atoms with Crippen molar-refractivity contribution < 1.29 is 4.74 Å². The lowest BCUT2D eigenvalue weighted by atomic mass is 10.2. The number of para-hydroxylation sites is 1. The second-order valence-corrected chi connectivity index (χ2v) is 4.80. The fourth-order valence-corrected chi connectivity index (χ4v) is 2.16. The number of amidine groups is 1. The Kier molecular flexibility index (Phi) is 3.67. The molecule has 0 unspecified atom stereocenters. The molecule has 3 nitrogen and oxygen atoms in total. The first kappa shape index (κ1) is 12.6. The molecule has 0 aliphatic rings. The van der Waals surface area contributed by atoms with Crippen LogP contribution in [-0.4, -0.2) is 5.84 Å². The van der Waals surface area contributed by atoms with Crippen LogP contribution in [0.15, 0.2) is 46.9 Å². The Morgan fingerprint density at radius 1 is 1.17 bits per heavy atom. The minimum atomic E-state index is -0.00571. The molecule has 0 aliphatic heterocycles. The summed E-state index contributed by atoms with van der Waals surface area (Å²) < 4.78 is 6.66. The van der Waals surface area contributed by atoms with E-state index in [2.05, 4.69) is 15.9 Å². The maximum absolute atomic E-state index is 7.52. The lowest BCUT2D eigenvalue weighted by Crippen LogP contribution is -2.12. The zero-order chi connectivity index (χ0) is 13.1. The van der Waals surface area contributed by atoms with Gasteiger partial charge in [-0.15, -0.1) is 0 Å². The molecule has 0 saturated heterocycles. The number of rotatable bonds is 3. The first-order chi connectivity index (χ1) is 8.58. The highest BCUT2D eigenvalue weighted by atomic mass is 79.9. The van der Waals surface area contributed by atoms with Crippen LogP contribution in [0.2, 0.25) is 0 Å². The maximum Gasteiger partial charge on any atom is 0.141 e. The number of nitrogen functional groups attached to an aromatic ring is 1. The van der Waals surface area contributed by atoms with Gasteiger partial charge in [-0.3, -0.25) is 5.41 Å². The molecule has 0 amide bonds. The molecular weight excluding hydrogens is 292 g/mol. The standard InChI is InChI=1S/C14H13BrN2O/c1-9-6-7-13(11(15)8-9)18-12-5-3-2-4-10(12)14(16)17/h2-8H,1H3,(H3,16,17). The first-order valence-electron chi connectivity index (χ1n) is 5.45. The third kappa shape index (κ3) is 2.71. The minimum absolute atomic E-state index is 0.00571. The van der Waals surface area contributed by atoms with E-state index in [1.807, 2.05) is 37.3 Å². The lowest BCUT2D eigenvalue weighted by molar-refractivity contribution is 0.478. The van der Waals surface area contributed by atoms with E-state index in [-0.39, 0.29) is 5.84 Å². The van der Waals surface area contributed by atoms with Crippen molar-refractivity contribution >= 4 is 21.8 Å². The van der Waals surface area contributed by atoms with Crippen molar-refractivity contribution in [2.75, 3.05) is 0 Å². The number of nitrogens with two attached hydrogens (primary N) is 1. The fourth-order valence-electron chi connectivity index (χ4n) is 1.59. The van der Waals surface area contributed by atoms with E-state index in [1.165, 1.54) is 0 Å². The average molecular weight is 305 g/mol. The highest BCUT2D eigenvalue weighted by Gasteiger charge is 2.08. The van der Waals surface area contributed by atoms with Crippen molar-refractivity contribution in [3.63, 3.8) is 0 Å².